The number of alkyl halides is 2. The molecule has 2 rings (SSSR count). The van der Waals surface area contributed by atoms with Gasteiger partial charge in [-0.05, 0) is 17.7 Å². The van der Waals surface area contributed by atoms with Gasteiger partial charge in [0.15, 0.2) is 11.6 Å². The Bertz CT molecular complexity index is 910. The van der Waals surface area contributed by atoms with E-state index in [2.05, 4.69) is 9.72 Å². The molecule has 2 aromatic rings. The molecule has 9 heteroatoms. The summed E-state index contributed by atoms with van der Waals surface area (Å²) in [6.45, 7) is -3.21. The largest absolute Gasteiger partial charge is 0.432 e. The highest BCUT2D eigenvalue weighted by Crippen LogP contribution is 2.31. The monoisotopic (exact) mass is 320 g/mol. The van der Waals surface area contributed by atoms with E-state index in [1.54, 1.807) is 12.1 Å². The molecule has 0 bridgehead atoms. The number of anilines is 1. The minimum Gasteiger partial charge on any atom is -0.432 e. The summed E-state index contributed by atoms with van der Waals surface area (Å²) in [5.41, 5.74) is 3.76. The number of aromatic amines is 1. The Labute approximate surface area is 127 Å². The van der Waals surface area contributed by atoms with Crippen molar-refractivity contribution in [3.05, 3.63) is 45.5 Å². The highest BCUT2D eigenvalue weighted by Gasteiger charge is 2.20. The van der Waals surface area contributed by atoms with Crippen molar-refractivity contribution in [1.82, 2.24) is 4.98 Å². The minimum atomic E-state index is -3.21. The number of nitriles is 2. The summed E-state index contributed by atoms with van der Waals surface area (Å²) in [5.74, 6) is -2.15. The molecule has 0 fully saturated rings. The van der Waals surface area contributed by atoms with Crippen LogP contribution in [0.15, 0.2) is 23.0 Å². The fourth-order valence-corrected chi connectivity index (χ4v) is 1.98. The van der Waals surface area contributed by atoms with Crippen molar-refractivity contribution < 1.29 is 17.9 Å². The van der Waals surface area contributed by atoms with E-state index >= 15 is 0 Å². The first kappa shape index (κ1) is 15.9. The lowest BCUT2D eigenvalue weighted by molar-refractivity contribution is -0.0521. The molecule has 0 radical (unpaired) electrons. The normalized spacial score (nSPS) is 10.2. The number of aromatic nitrogens is 1. The molecule has 0 saturated heterocycles. The molecule has 0 aliphatic heterocycles. The summed E-state index contributed by atoms with van der Waals surface area (Å²) < 4.78 is 42.1. The third-order valence-corrected chi connectivity index (χ3v) is 2.90. The van der Waals surface area contributed by atoms with Crippen LogP contribution >= 0.6 is 0 Å². The van der Waals surface area contributed by atoms with E-state index in [0.717, 1.165) is 18.2 Å². The summed E-state index contributed by atoms with van der Waals surface area (Å²) in [6, 6.07) is 6.12. The number of nitrogens with two attached hydrogens (primary N) is 1. The zero-order valence-electron chi connectivity index (χ0n) is 11.2. The second kappa shape index (κ2) is 6.12. The van der Waals surface area contributed by atoms with Gasteiger partial charge in [0.2, 0.25) is 0 Å². The molecule has 1 heterocycles. The van der Waals surface area contributed by atoms with Crippen molar-refractivity contribution in [1.29, 1.82) is 10.5 Å². The number of nitrogens with one attached hydrogen (secondary N) is 1. The van der Waals surface area contributed by atoms with Crippen molar-refractivity contribution in [3.8, 4) is 29.0 Å². The Morgan fingerprint density at radius 1 is 1.22 bits per heavy atom. The van der Waals surface area contributed by atoms with Crippen LogP contribution in [0.1, 0.15) is 11.1 Å². The number of benzene rings is 1. The van der Waals surface area contributed by atoms with Gasteiger partial charge in [0.05, 0.1) is 0 Å². The van der Waals surface area contributed by atoms with Gasteiger partial charge >= 0.3 is 6.61 Å². The molecule has 0 aliphatic carbocycles. The SMILES string of the molecule is N#Cc1c(N)[nH]c(=O)c(C#N)c1-c1ccc(OC(F)F)c(F)c1. The van der Waals surface area contributed by atoms with Gasteiger partial charge in [0.25, 0.3) is 5.56 Å². The van der Waals surface area contributed by atoms with Gasteiger partial charge in [-0.25, -0.2) is 4.39 Å². The third-order valence-electron chi connectivity index (χ3n) is 2.90. The summed E-state index contributed by atoms with van der Waals surface area (Å²) in [5, 5.41) is 18.2. The number of H-pyrrole nitrogens is 1. The number of nitrogens with zero attached hydrogens (tertiary/aromatic N) is 2. The standard InChI is InChI=1S/C14H7F3N4O2/c15-9-3-6(1-2-10(9)23-14(16)17)11-7(4-18)12(20)21-13(22)8(11)5-19/h1-3,14H,(H3,20,21,22). The first-order chi connectivity index (χ1) is 10.9. The van der Waals surface area contributed by atoms with E-state index in [9.17, 15) is 18.0 Å². The Morgan fingerprint density at radius 2 is 1.87 bits per heavy atom. The van der Waals surface area contributed by atoms with Crippen LogP contribution in [0.25, 0.3) is 11.1 Å². The fourth-order valence-electron chi connectivity index (χ4n) is 1.98. The first-order valence-corrected chi connectivity index (χ1v) is 5.99. The maximum Gasteiger partial charge on any atom is 0.387 e. The number of rotatable bonds is 3. The van der Waals surface area contributed by atoms with Crippen LogP contribution in [-0.2, 0) is 0 Å². The Morgan fingerprint density at radius 3 is 2.39 bits per heavy atom. The lowest BCUT2D eigenvalue weighted by Gasteiger charge is -2.11. The molecule has 0 amide bonds. The lowest BCUT2D eigenvalue weighted by atomic mass is 9.96. The summed E-state index contributed by atoms with van der Waals surface area (Å²) in [6.07, 6.45) is 0. The van der Waals surface area contributed by atoms with Crippen molar-refractivity contribution in [2.75, 3.05) is 5.73 Å². The van der Waals surface area contributed by atoms with E-state index in [0.29, 0.717) is 0 Å². The van der Waals surface area contributed by atoms with Crippen molar-refractivity contribution in [2.24, 2.45) is 0 Å². The molecular weight excluding hydrogens is 313 g/mol. The molecule has 1 aromatic carbocycles. The van der Waals surface area contributed by atoms with Gasteiger partial charge in [-0.3, -0.25) is 4.79 Å². The maximum atomic E-state index is 13.8. The lowest BCUT2D eigenvalue weighted by Crippen LogP contribution is -2.16. The molecule has 0 atom stereocenters. The molecular formula is C14H7F3N4O2. The van der Waals surface area contributed by atoms with Crippen molar-refractivity contribution in [2.45, 2.75) is 6.61 Å². The smallest absolute Gasteiger partial charge is 0.387 e. The summed E-state index contributed by atoms with van der Waals surface area (Å²) in [4.78, 5) is 13.9. The van der Waals surface area contributed by atoms with Gasteiger partial charge in [-0.2, -0.15) is 19.3 Å². The zero-order valence-corrected chi connectivity index (χ0v) is 11.2. The highest BCUT2D eigenvalue weighted by atomic mass is 19.3. The molecule has 23 heavy (non-hydrogen) atoms. The van der Waals surface area contributed by atoms with Gasteiger partial charge in [-0.15, -0.1) is 0 Å². The van der Waals surface area contributed by atoms with Gasteiger partial charge in [0.1, 0.15) is 29.1 Å². The third kappa shape index (κ3) is 2.94. The predicted molar refractivity (Wildman–Crippen MR) is 72.9 cm³/mol. The van der Waals surface area contributed by atoms with Crippen LogP contribution in [-0.4, -0.2) is 11.6 Å². The van der Waals surface area contributed by atoms with Crippen molar-refractivity contribution in [3.63, 3.8) is 0 Å². The molecule has 0 aliphatic rings. The number of ether oxygens (including phenoxy) is 1. The minimum absolute atomic E-state index is 0.0463. The van der Waals surface area contributed by atoms with E-state index in [1.807, 2.05) is 0 Å². The van der Waals surface area contributed by atoms with Crippen molar-refractivity contribution >= 4 is 5.82 Å². The topological polar surface area (TPSA) is 116 Å². The average Bonchev–Trinajstić information content (AvgIpc) is 2.48. The molecule has 3 N–H and O–H groups in total. The maximum absolute atomic E-state index is 13.8. The summed E-state index contributed by atoms with van der Waals surface area (Å²) in [7, 11) is 0. The van der Waals surface area contributed by atoms with Gasteiger partial charge in [-0.1, -0.05) is 6.07 Å². The number of nitrogen functional groups attached to an aromatic ring is 1. The summed E-state index contributed by atoms with van der Waals surface area (Å²) >= 11 is 0. The van der Waals surface area contributed by atoms with Gasteiger partial charge in [0, 0.05) is 5.56 Å². The van der Waals surface area contributed by atoms with Gasteiger partial charge < -0.3 is 15.5 Å². The number of hydrogen-bond donors (Lipinski definition) is 2. The van der Waals surface area contributed by atoms with E-state index in [1.165, 1.54) is 0 Å². The van der Waals surface area contributed by atoms with Crippen LogP contribution in [0.5, 0.6) is 5.75 Å². The van der Waals surface area contributed by atoms with Crippen LogP contribution < -0.4 is 16.0 Å². The molecule has 6 nitrogen and oxygen atoms in total. The molecule has 0 unspecified atom stereocenters. The van der Waals surface area contributed by atoms with Crippen LogP contribution in [0.4, 0.5) is 19.0 Å². The first-order valence-electron chi connectivity index (χ1n) is 5.99. The number of hydrogen-bond acceptors (Lipinski definition) is 5. The highest BCUT2D eigenvalue weighted by molar-refractivity contribution is 5.80. The van der Waals surface area contributed by atoms with E-state index in [4.69, 9.17) is 16.3 Å². The fraction of sp³-hybridized carbons (Fsp3) is 0.0714. The second-order valence-electron chi connectivity index (χ2n) is 4.24. The zero-order chi connectivity index (χ0) is 17.1. The molecule has 1 aromatic heterocycles. The Kier molecular flexibility index (Phi) is 4.23. The number of pyridine rings is 1. The predicted octanol–water partition coefficient (Wildman–Crippen LogP) is 2.11. The second-order valence-corrected chi connectivity index (χ2v) is 4.24. The Balaban J connectivity index is 2.73. The van der Waals surface area contributed by atoms with Crippen LogP contribution in [0, 0.1) is 28.5 Å². The quantitative estimate of drug-likeness (QED) is 0.898. The van der Waals surface area contributed by atoms with E-state index in [-0.39, 0.29) is 22.5 Å². The molecule has 116 valence electrons. The Hall–Kier alpha value is -3.46. The van der Waals surface area contributed by atoms with E-state index < -0.39 is 29.3 Å². The van der Waals surface area contributed by atoms with Crippen LogP contribution in [0.2, 0.25) is 0 Å². The average molecular weight is 320 g/mol. The number of halogens is 3. The molecule has 0 spiro atoms. The molecule has 0 saturated carbocycles. The van der Waals surface area contributed by atoms with Crippen LogP contribution in [0.3, 0.4) is 0 Å².